The highest BCUT2D eigenvalue weighted by molar-refractivity contribution is 6.44. The Morgan fingerprint density at radius 1 is 1.00 bits per heavy atom. The molecule has 0 saturated carbocycles. The molecule has 1 rings (SSSR count). The van der Waals surface area contributed by atoms with Gasteiger partial charge in [0.25, 0.3) is 0 Å². The van der Waals surface area contributed by atoms with Gasteiger partial charge in [0, 0.05) is 34.0 Å². The van der Waals surface area contributed by atoms with E-state index in [-0.39, 0.29) is 0 Å². The fourth-order valence-electron chi connectivity index (χ4n) is 1.47. The van der Waals surface area contributed by atoms with Gasteiger partial charge in [-0.25, -0.2) is 0 Å². The summed E-state index contributed by atoms with van der Waals surface area (Å²) >= 11 is -1.62. The highest BCUT2D eigenvalue weighted by Gasteiger charge is 2.25. The first-order chi connectivity index (χ1) is 9.36. The molecular weight excluding hydrogens is 267 g/mol. The van der Waals surface area contributed by atoms with Crippen molar-refractivity contribution < 1.29 is 26.5 Å². The Morgan fingerprint density at radius 3 is 2.16 bits per heavy atom. The smallest absolute Gasteiger partial charge is 0.476 e. The SMILES string of the molecule is COCC[O][Al]([CH2]CCOCC1CO1)[O]CCOC. The molecule has 0 amide bonds. The lowest BCUT2D eigenvalue weighted by atomic mass is 10.5. The van der Waals surface area contributed by atoms with Crippen molar-refractivity contribution >= 4 is 14.8 Å². The highest BCUT2D eigenvalue weighted by Crippen LogP contribution is 2.09. The molecule has 1 saturated heterocycles. The first-order valence-electron chi connectivity index (χ1n) is 6.77. The molecule has 1 aliphatic heterocycles. The second kappa shape index (κ2) is 12.1. The number of rotatable bonds is 14. The van der Waals surface area contributed by atoms with Crippen molar-refractivity contribution in [2.45, 2.75) is 17.8 Å². The molecule has 0 spiro atoms. The molecule has 1 heterocycles. The van der Waals surface area contributed by atoms with Crippen LogP contribution in [0.1, 0.15) is 6.42 Å². The maximum atomic E-state index is 5.72. The summed E-state index contributed by atoms with van der Waals surface area (Å²) < 4.78 is 32.0. The van der Waals surface area contributed by atoms with Gasteiger partial charge in [-0.3, -0.25) is 0 Å². The summed E-state index contributed by atoms with van der Waals surface area (Å²) in [7, 11) is 3.33. The molecule has 0 aromatic carbocycles. The highest BCUT2D eigenvalue weighted by atomic mass is 27.2. The van der Waals surface area contributed by atoms with E-state index in [2.05, 4.69) is 0 Å². The van der Waals surface area contributed by atoms with Crippen molar-refractivity contribution in [3.63, 3.8) is 0 Å². The summed E-state index contributed by atoms with van der Waals surface area (Å²) in [6.07, 6.45) is 1.30. The Morgan fingerprint density at radius 2 is 1.63 bits per heavy atom. The Labute approximate surface area is 120 Å². The van der Waals surface area contributed by atoms with E-state index < -0.39 is 14.8 Å². The number of epoxide rings is 1. The molecule has 7 heteroatoms. The van der Waals surface area contributed by atoms with E-state index in [1.807, 2.05) is 0 Å². The molecule has 0 N–H and O–H groups in total. The quantitative estimate of drug-likeness (QED) is 0.265. The lowest BCUT2D eigenvalue weighted by Crippen LogP contribution is -2.26. The maximum Gasteiger partial charge on any atom is 0.674 e. The number of methoxy groups -OCH3 is 2. The first-order valence-corrected chi connectivity index (χ1v) is 8.53. The van der Waals surface area contributed by atoms with Crippen molar-refractivity contribution in [3.8, 4) is 0 Å². The summed E-state index contributed by atoms with van der Waals surface area (Å²) in [5.41, 5.74) is 0. The van der Waals surface area contributed by atoms with Crippen molar-refractivity contribution in [2.75, 3.05) is 60.5 Å². The largest absolute Gasteiger partial charge is 0.674 e. The first kappa shape index (κ1) is 17.3. The molecule has 1 atom stereocenters. The van der Waals surface area contributed by atoms with E-state index in [1.165, 1.54) is 0 Å². The summed E-state index contributed by atoms with van der Waals surface area (Å²) in [5, 5.41) is 0.943. The fourth-order valence-corrected chi connectivity index (χ4v) is 3.12. The minimum Gasteiger partial charge on any atom is -0.476 e. The zero-order valence-corrected chi connectivity index (χ0v) is 13.1. The molecule has 0 aliphatic carbocycles. The van der Waals surface area contributed by atoms with E-state index >= 15 is 0 Å². The van der Waals surface area contributed by atoms with Crippen LogP contribution in [0.25, 0.3) is 0 Å². The molecule has 1 fully saturated rings. The van der Waals surface area contributed by atoms with Crippen LogP contribution < -0.4 is 0 Å². The summed E-state index contributed by atoms with van der Waals surface area (Å²) in [6, 6.07) is 0. The van der Waals surface area contributed by atoms with E-state index in [0.29, 0.717) is 39.1 Å². The van der Waals surface area contributed by atoms with E-state index in [1.54, 1.807) is 14.2 Å². The summed E-state index contributed by atoms with van der Waals surface area (Å²) in [4.78, 5) is 0. The molecule has 1 aliphatic rings. The van der Waals surface area contributed by atoms with Crippen LogP contribution in [0.4, 0.5) is 0 Å². The molecule has 19 heavy (non-hydrogen) atoms. The van der Waals surface area contributed by atoms with Gasteiger partial charge < -0.3 is 26.5 Å². The van der Waals surface area contributed by atoms with Crippen molar-refractivity contribution in [1.29, 1.82) is 0 Å². The molecule has 1 unspecified atom stereocenters. The predicted molar refractivity (Wildman–Crippen MR) is 71.4 cm³/mol. The van der Waals surface area contributed by atoms with Crippen LogP contribution >= 0.6 is 0 Å². The zero-order valence-electron chi connectivity index (χ0n) is 12.0. The van der Waals surface area contributed by atoms with Gasteiger partial charge >= 0.3 is 14.8 Å². The number of hydrogen-bond acceptors (Lipinski definition) is 6. The normalized spacial score (nSPS) is 17.7. The molecule has 0 radical (unpaired) electrons. The van der Waals surface area contributed by atoms with Gasteiger partial charge in [-0.15, -0.1) is 0 Å². The predicted octanol–water partition coefficient (Wildman–Crippen LogP) is 0.606. The van der Waals surface area contributed by atoms with Crippen LogP contribution in [0.5, 0.6) is 0 Å². The lowest BCUT2D eigenvalue weighted by molar-refractivity contribution is 0.0943. The van der Waals surface area contributed by atoms with E-state index in [4.69, 9.17) is 26.5 Å². The zero-order chi connectivity index (χ0) is 13.8. The topological polar surface area (TPSA) is 58.7 Å². The Balaban J connectivity index is 1.99. The van der Waals surface area contributed by atoms with Crippen LogP contribution in [-0.4, -0.2) is 81.4 Å². The molecular formula is C12H25AlO6. The molecule has 0 bridgehead atoms. The average molecular weight is 292 g/mol. The molecule has 6 nitrogen and oxygen atoms in total. The third kappa shape index (κ3) is 10.7. The fraction of sp³-hybridized carbons (Fsp3) is 1.00. The molecule has 0 aromatic rings. The second-order valence-corrected chi connectivity index (χ2v) is 6.43. The van der Waals surface area contributed by atoms with Gasteiger partial charge in [-0.2, -0.15) is 0 Å². The molecule has 0 aromatic heterocycles. The third-order valence-electron chi connectivity index (χ3n) is 2.62. The number of hydrogen-bond donors (Lipinski definition) is 0. The Bertz CT molecular complexity index is 193. The number of ether oxygens (including phenoxy) is 4. The van der Waals surface area contributed by atoms with Crippen LogP contribution in [0, 0.1) is 0 Å². The lowest BCUT2D eigenvalue weighted by Gasteiger charge is -2.13. The average Bonchev–Trinajstić information content (AvgIpc) is 3.22. The summed E-state index contributed by atoms with van der Waals surface area (Å²) in [6.45, 7) is 4.69. The standard InChI is InChI=1S/C6H11O2.2C3H7O2.Al/c1-2-3-7-4-6-5-8-6;2*1-5-3-2-4;/h6H,1-5H2;2*2-3H2,1H3;/q;2*-1;+2. The van der Waals surface area contributed by atoms with Gasteiger partial charge in [0.2, 0.25) is 0 Å². The van der Waals surface area contributed by atoms with E-state index in [9.17, 15) is 0 Å². The van der Waals surface area contributed by atoms with Gasteiger partial charge in [0.05, 0.1) is 26.4 Å². The van der Waals surface area contributed by atoms with Crippen molar-refractivity contribution in [3.05, 3.63) is 0 Å². The third-order valence-corrected chi connectivity index (χ3v) is 4.71. The molecule has 112 valence electrons. The minimum absolute atomic E-state index is 0.337. The maximum absolute atomic E-state index is 5.72. The van der Waals surface area contributed by atoms with Gasteiger partial charge in [0.1, 0.15) is 6.10 Å². The minimum atomic E-state index is -1.62. The Hall–Kier alpha value is 0.292. The monoisotopic (exact) mass is 292 g/mol. The van der Waals surface area contributed by atoms with Crippen LogP contribution in [0.2, 0.25) is 5.28 Å². The Kier molecular flexibility index (Phi) is 11.0. The van der Waals surface area contributed by atoms with Crippen LogP contribution in [0.3, 0.4) is 0 Å². The van der Waals surface area contributed by atoms with Gasteiger partial charge in [0.15, 0.2) is 0 Å². The van der Waals surface area contributed by atoms with Gasteiger partial charge in [-0.1, -0.05) is 0 Å². The van der Waals surface area contributed by atoms with Crippen molar-refractivity contribution in [2.24, 2.45) is 0 Å². The summed E-state index contributed by atoms with van der Waals surface area (Å²) in [5.74, 6) is 0. The second-order valence-electron chi connectivity index (χ2n) is 4.33. The van der Waals surface area contributed by atoms with Crippen LogP contribution in [0.15, 0.2) is 0 Å². The van der Waals surface area contributed by atoms with Gasteiger partial charge in [-0.05, 0) is 11.7 Å². The van der Waals surface area contributed by atoms with Crippen LogP contribution in [-0.2, 0) is 26.5 Å². The van der Waals surface area contributed by atoms with E-state index in [0.717, 1.165) is 24.9 Å². The van der Waals surface area contributed by atoms with Crippen molar-refractivity contribution in [1.82, 2.24) is 0 Å².